The monoisotopic (exact) mass is 372 g/mol. The second kappa shape index (κ2) is 6.61. The maximum Gasteiger partial charge on any atom is 0.346 e. The summed E-state index contributed by atoms with van der Waals surface area (Å²) >= 11 is 5.96. The fourth-order valence-corrected chi connectivity index (χ4v) is 3.16. The van der Waals surface area contributed by atoms with Gasteiger partial charge in [0.2, 0.25) is 0 Å². The number of rotatable bonds is 4. The molecule has 2 aromatic rings. The maximum absolute atomic E-state index is 12.4. The molecule has 2 heterocycles. The predicted molar refractivity (Wildman–Crippen MR) is 102 cm³/mol. The number of carbonyl (C=O) groups is 2. The normalized spacial score (nSPS) is 20.3. The number of carbonyl (C=O) groups excluding carboxylic acids is 2. The zero-order valence-corrected chi connectivity index (χ0v) is 16.0. The summed E-state index contributed by atoms with van der Waals surface area (Å²) in [5.41, 5.74) is 2.90. The van der Waals surface area contributed by atoms with Crippen LogP contribution in [0, 0.1) is 13.8 Å². The first-order chi connectivity index (χ1) is 12.3. The van der Waals surface area contributed by atoms with Gasteiger partial charge in [-0.1, -0.05) is 18.5 Å². The largest absolute Gasteiger partial charge is 0.346 e. The van der Waals surface area contributed by atoms with E-state index in [4.69, 9.17) is 11.6 Å². The highest BCUT2D eigenvalue weighted by atomic mass is 35.5. The highest BCUT2D eigenvalue weighted by Crippen LogP contribution is 2.23. The van der Waals surface area contributed by atoms with Gasteiger partial charge in [-0.2, -0.15) is 5.10 Å². The lowest BCUT2D eigenvalue weighted by atomic mass is 10.00. The fraction of sp³-hybridized carbons (Fsp3) is 0.316. The van der Waals surface area contributed by atoms with Gasteiger partial charge in [0.25, 0.3) is 5.91 Å². The number of amides is 3. The molecular formula is C19H21ClN4O2. The summed E-state index contributed by atoms with van der Waals surface area (Å²) in [6, 6.07) is 9.01. The van der Waals surface area contributed by atoms with Crippen molar-refractivity contribution in [2.75, 3.05) is 0 Å². The van der Waals surface area contributed by atoms with Crippen molar-refractivity contribution in [3.8, 4) is 5.69 Å². The Kier molecular flexibility index (Phi) is 4.63. The van der Waals surface area contributed by atoms with Crippen molar-refractivity contribution in [1.82, 2.24) is 14.9 Å². The Balaban J connectivity index is 1.91. The van der Waals surface area contributed by atoms with Gasteiger partial charge in [0, 0.05) is 27.7 Å². The van der Waals surface area contributed by atoms with Crippen LogP contribution in [0.5, 0.6) is 0 Å². The Morgan fingerprint density at radius 2 is 1.88 bits per heavy atom. The minimum Gasteiger partial charge on any atom is -0.322 e. The van der Waals surface area contributed by atoms with E-state index in [2.05, 4.69) is 15.0 Å². The average Bonchev–Trinajstić information content (AvgIpc) is 3.00. The lowest BCUT2D eigenvalue weighted by molar-refractivity contribution is -0.130. The Labute approximate surface area is 157 Å². The predicted octanol–water partition coefficient (Wildman–Crippen LogP) is 3.80. The number of nitrogens with one attached hydrogen (secondary N) is 1. The van der Waals surface area contributed by atoms with Crippen LogP contribution in [0.3, 0.4) is 0 Å². The average molecular weight is 373 g/mol. The molecule has 136 valence electrons. The van der Waals surface area contributed by atoms with E-state index in [0.717, 1.165) is 27.6 Å². The molecule has 3 amide bonds. The number of hydrogen-bond donors (Lipinski definition) is 1. The minimum atomic E-state index is -0.894. The molecule has 1 aliphatic heterocycles. The van der Waals surface area contributed by atoms with Crippen LogP contribution in [-0.2, 0) is 4.79 Å². The van der Waals surface area contributed by atoms with Gasteiger partial charge in [0.1, 0.15) is 5.54 Å². The quantitative estimate of drug-likeness (QED) is 0.655. The van der Waals surface area contributed by atoms with Crippen LogP contribution in [0.4, 0.5) is 4.79 Å². The van der Waals surface area contributed by atoms with Gasteiger partial charge in [-0.15, -0.1) is 5.01 Å². The molecule has 0 saturated carbocycles. The summed E-state index contributed by atoms with van der Waals surface area (Å²) in [6.45, 7) is 7.51. The first-order valence-corrected chi connectivity index (χ1v) is 8.80. The van der Waals surface area contributed by atoms with Crippen molar-refractivity contribution >= 4 is 29.8 Å². The number of imide groups is 1. The van der Waals surface area contributed by atoms with Crippen molar-refractivity contribution in [1.29, 1.82) is 0 Å². The van der Waals surface area contributed by atoms with E-state index in [1.807, 2.05) is 51.1 Å². The van der Waals surface area contributed by atoms with Crippen molar-refractivity contribution in [2.45, 2.75) is 39.7 Å². The zero-order chi connectivity index (χ0) is 19.1. The molecule has 1 atom stereocenters. The Hall–Kier alpha value is -2.60. The molecule has 1 fully saturated rings. The number of halogens is 1. The van der Waals surface area contributed by atoms with Gasteiger partial charge in [-0.25, -0.2) is 4.79 Å². The molecule has 1 N–H and O–H groups in total. The van der Waals surface area contributed by atoms with E-state index in [0.29, 0.717) is 11.4 Å². The highest BCUT2D eigenvalue weighted by Gasteiger charge is 2.46. The molecule has 1 aromatic heterocycles. The van der Waals surface area contributed by atoms with E-state index in [1.165, 1.54) is 0 Å². The number of benzene rings is 1. The van der Waals surface area contributed by atoms with Gasteiger partial charge in [0.05, 0.1) is 6.21 Å². The van der Waals surface area contributed by atoms with Crippen molar-refractivity contribution in [3.05, 3.63) is 52.3 Å². The molecule has 6 nitrogen and oxygen atoms in total. The molecule has 7 heteroatoms. The van der Waals surface area contributed by atoms with Crippen LogP contribution in [0.15, 0.2) is 35.4 Å². The van der Waals surface area contributed by atoms with Crippen LogP contribution in [0.1, 0.15) is 37.2 Å². The molecule has 0 bridgehead atoms. The molecule has 1 saturated heterocycles. The summed E-state index contributed by atoms with van der Waals surface area (Å²) < 4.78 is 2.07. The van der Waals surface area contributed by atoms with Gasteiger partial charge < -0.3 is 9.88 Å². The number of aryl methyl sites for hydroxylation is 1. The summed E-state index contributed by atoms with van der Waals surface area (Å²) in [5, 5.41) is 8.40. The van der Waals surface area contributed by atoms with Crippen LogP contribution in [-0.4, -0.2) is 33.3 Å². The van der Waals surface area contributed by atoms with Crippen LogP contribution in [0.25, 0.3) is 5.69 Å². The zero-order valence-electron chi connectivity index (χ0n) is 15.2. The third-order valence-electron chi connectivity index (χ3n) is 4.81. The third kappa shape index (κ3) is 3.01. The number of nitrogens with zero attached hydrogens (tertiary/aromatic N) is 3. The van der Waals surface area contributed by atoms with Crippen molar-refractivity contribution in [3.63, 3.8) is 0 Å². The summed E-state index contributed by atoms with van der Waals surface area (Å²) in [4.78, 5) is 24.5. The first kappa shape index (κ1) is 18.2. The van der Waals surface area contributed by atoms with E-state index in [1.54, 1.807) is 13.1 Å². The van der Waals surface area contributed by atoms with Crippen molar-refractivity contribution < 1.29 is 9.59 Å². The summed E-state index contributed by atoms with van der Waals surface area (Å²) in [6.07, 6.45) is 2.06. The van der Waals surface area contributed by atoms with E-state index >= 15 is 0 Å². The van der Waals surface area contributed by atoms with Gasteiger partial charge >= 0.3 is 6.03 Å². The third-order valence-corrected chi connectivity index (χ3v) is 5.07. The second-order valence-corrected chi connectivity index (χ2v) is 7.05. The highest BCUT2D eigenvalue weighted by molar-refractivity contribution is 6.30. The molecular weight excluding hydrogens is 352 g/mol. The SMILES string of the molecule is CC[C@]1(C)NC(=O)N(/N=C\c2cc(C)n(-c3ccc(Cl)cc3)c2C)C1=O. The lowest BCUT2D eigenvalue weighted by Gasteiger charge is -2.17. The topological polar surface area (TPSA) is 66.7 Å². The van der Waals surface area contributed by atoms with E-state index in [9.17, 15) is 9.59 Å². The minimum absolute atomic E-state index is 0.340. The van der Waals surface area contributed by atoms with Crippen LogP contribution >= 0.6 is 11.6 Å². The number of hydrogen-bond acceptors (Lipinski definition) is 3. The maximum atomic E-state index is 12.4. The number of aromatic nitrogens is 1. The molecule has 0 spiro atoms. The first-order valence-electron chi connectivity index (χ1n) is 8.42. The molecule has 1 aliphatic rings. The summed E-state index contributed by atoms with van der Waals surface area (Å²) in [5.74, 6) is -0.340. The standard InChI is InChI=1S/C19H21ClN4O2/c1-5-19(4)17(25)24(18(26)22-19)21-11-14-10-12(2)23(13(14)3)16-8-6-15(20)7-9-16/h6-11H,5H2,1-4H3,(H,22,26)/b21-11-/t19-/m0/s1. The lowest BCUT2D eigenvalue weighted by Crippen LogP contribution is -2.42. The number of urea groups is 1. The van der Waals surface area contributed by atoms with Gasteiger partial charge in [-0.3, -0.25) is 4.79 Å². The van der Waals surface area contributed by atoms with E-state index in [-0.39, 0.29) is 5.91 Å². The smallest absolute Gasteiger partial charge is 0.322 e. The number of hydrazone groups is 1. The van der Waals surface area contributed by atoms with E-state index < -0.39 is 11.6 Å². The Bertz CT molecular complexity index is 901. The Morgan fingerprint density at radius 1 is 1.23 bits per heavy atom. The van der Waals surface area contributed by atoms with Crippen LogP contribution < -0.4 is 5.32 Å². The van der Waals surface area contributed by atoms with Gasteiger partial charge in [-0.05, 0) is 57.5 Å². The summed E-state index contributed by atoms with van der Waals surface area (Å²) in [7, 11) is 0. The molecule has 26 heavy (non-hydrogen) atoms. The second-order valence-electron chi connectivity index (χ2n) is 6.62. The molecule has 3 rings (SSSR count). The molecule has 0 aliphatic carbocycles. The molecule has 0 radical (unpaired) electrons. The van der Waals surface area contributed by atoms with Gasteiger partial charge in [0.15, 0.2) is 0 Å². The van der Waals surface area contributed by atoms with Crippen molar-refractivity contribution in [2.24, 2.45) is 5.10 Å². The Morgan fingerprint density at radius 3 is 2.46 bits per heavy atom. The fourth-order valence-electron chi connectivity index (χ4n) is 3.04. The molecule has 1 aromatic carbocycles. The molecule has 0 unspecified atom stereocenters. The van der Waals surface area contributed by atoms with Crippen LogP contribution in [0.2, 0.25) is 5.02 Å².